The minimum Gasteiger partial charge on any atom is -0.481 e. The molecule has 1 atom stereocenters. The van der Waals surface area contributed by atoms with E-state index in [1.54, 1.807) is 0 Å². The summed E-state index contributed by atoms with van der Waals surface area (Å²) in [6.45, 7) is 0. The SMILES string of the molecule is O=C(O)C[C@@H](NC(=O)CC1CCCC1)C(=O)O. The number of hydrogen-bond acceptors (Lipinski definition) is 3. The van der Waals surface area contributed by atoms with E-state index in [4.69, 9.17) is 10.2 Å². The van der Waals surface area contributed by atoms with Gasteiger partial charge in [-0.2, -0.15) is 0 Å². The first-order chi connectivity index (χ1) is 7.99. The highest BCUT2D eigenvalue weighted by Gasteiger charge is 2.25. The van der Waals surface area contributed by atoms with E-state index in [1.165, 1.54) is 0 Å². The Bertz CT molecular complexity index is 309. The van der Waals surface area contributed by atoms with Crippen LogP contribution in [0, 0.1) is 5.92 Å². The first-order valence-corrected chi connectivity index (χ1v) is 5.73. The van der Waals surface area contributed by atoms with Gasteiger partial charge in [-0.05, 0) is 18.8 Å². The van der Waals surface area contributed by atoms with E-state index in [1.807, 2.05) is 0 Å². The molecule has 0 aromatic rings. The molecule has 6 heteroatoms. The normalized spacial score (nSPS) is 17.6. The molecule has 0 heterocycles. The Morgan fingerprint density at radius 1 is 1.18 bits per heavy atom. The summed E-state index contributed by atoms with van der Waals surface area (Å²) in [5.41, 5.74) is 0. The molecule has 1 aliphatic rings. The first kappa shape index (κ1) is 13.5. The molecule has 3 N–H and O–H groups in total. The third kappa shape index (κ3) is 4.84. The van der Waals surface area contributed by atoms with Gasteiger partial charge in [-0.1, -0.05) is 12.8 Å². The second-order valence-corrected chi connectivity index (χ2v) is 4.41. The third-order valence-electron chi connectivity index (χ3n) is 2.96. The van der Waals surface area contributed by atoms with E-state index in [2.05, 4.69) is 5.32 Å². The molecule has 0 aromatic carbocycles. The van der Waals surface area contributed by atoms with E-state index in [0.717, 1.165) is 25.7 Å². The Morgan fingerprint density at radius 3 is 2.24 bits per heavy atom. The molecule has 0 unspecified atom stereocenters. The highest BCUT2D eigenvalue weighted by molar-refractivity contribution is 5.86. The molecule has 96 valence electrons. The summed E-state index contributed by atoms with van der Waals surface area (Å²) in [5.74, 6) is -2.61. The van der Waals surface area contributed by atoms with E-state index in [0.29, 0.717) is 12.3 Å². The molecule has 0 bridgehead atoms. The van der Waals surface area contributed by atoms with Crippen LogP contribution in [0.2, 0.25) is 0 Å². The summed E-state index contributed by atoms with van der Waals surface area (Å²) >= 11 is 0. The summed E-state index contributed by atoms with van der Waals surface area (Å²) in [6, 6.07) is -1.33. The van der Waals surface area contributed by atoms with Gasteiger partial charge >= 0.3 is 11.9 Å². The number of aliphatic carboxylic acids is 2. The number of rotatable bonds is 6. The molecule has 6 nitrogen and oxygen atoms in total. The van der Waals surface area contributed by atoms with Crippen molar-refractivity contribution in [2.24, 2.45) is 5.92 Å². The fourth-order valence-corrected chi connectivity index (χ4v) is 2.10. The van der Waals surface area contributed by atoms with E-state index in [9.17, 15) is 14.4 Å². The fraction of sp³-hybridized carbons (Fsp3) is 0.727. The van der Waals surface area contributed by atoms with Gasteiger partial charge in [0.25, 0.3) is 0 Å². The molecule has 17 heavy (non-hydrogen) atoms. The molecular formula is C11H17NO5. The van der Waals surface area contributed by atoms with Crippen LogP contribution < -0.4 is 5.32 Å². The number of carboxylic acid groups (broad SMARTS) is 2. The van der Waals surface area contributed by atoms with Crippen molar-refractivity contribution in [1.82, 2.24) is 5.32 Å². The van der Waals surface area contributed by atoms with Gasteiger partial charge in [-0.25, -0.2) is 4.79 Å². The zero-order valence-corrected chi connectivity index (χ0v) is 9.52. The van der Waals surface area contributed by atoms with Gasteiger partial charge in [0.05, 0.1) is 6.42 Å². The summed E-state index contributed by atoms with van der Waals surface area (Å²) in [5, 5.41) is 19.5. The van der Waals surface area contributed by atoms with Crippen LogP contribution in [0.25, 0.3) is 0 Å². The minimum absolute atomic E-state index is 0.295. The van der Waals surface area contributed by atoms with Crippen molar-refractivity contribution < 1.29 is 24.6 Å². The van der Waals surface area contributed by atoms with Gasteiger partial charge in [0, 0.05) is 6.42 Å². The smallest absolute Gasteiger partial charge is 0.326 e. The van der Waals surface area contributed by atoms with Crippen molar-refractivity contribution in [1.29, 1.82) is 0 Å². The molecule has 1 fully saturated rings. The molecular weight excluding hydrogens is 226 g/mol. The third-order valence-corrected chi connectivity index (χ3v) is 2.96. The largest absolute Gasteiger partial charge is 0.481 e. The van der Waals surface area contributed by atoms with Gasteiger partial charge in [-0.15, -0.1) is 0 Å². The first-order valence-electron chi connectivity index (χ1n) is 5.73. The van der Waals surface area contributed by atoms with Crippen LogP contribution in [0.15, 0.2) is 0 Å². The average Bonchev–Trinajstić information content (AvgIpc) is 2.68. The zero-order chi connectivity index (χ0) is 12.8. The standard InChI is InChI=1S/C11H17NO5/c13-9(5-7-3-1-2-4-7)12-8(11(16)17)6-10(14)15/h7-8H,1-6H2,(H,12,13)(H,14,15)(H,16,17)/t8-/m1/s1. The van der Waals surface area contributed by atoms with Crippen LogP contribution >= 0.6 is 0 Å². The number of carbonyl (C=O) groups is 3. The highest BCUT2D eigenvalue weighted by atomic mass is 16.4. The van der Waals surface area contributed by atoms with Crippen LogP contribution in [0.1, 0.15) is 38.5 Å². The molecule has 0 aliphatic heterocycles. The van der Waals surface area contributed by atoms with Crippen molar-refractivity contribution in [3.63, 3.8) is 0 Å². The van der Waals surface area contributed by atoms with E-state index in [-0.39, 0.29) is 5.91 Å². The van der Waals surface area contributed by atoms with Crippen molar-refractivity contribution in [2.45, 2.75) is 44.6 Å². The minimum atomic E-state index is -1.33. The second kappa shape index (κ2) is 6.22. The van der Waals surface area contributed by atoms with Gasteiger partial charge < -0.3 is 15.5 Å². The predicted octanol–water partition coefficient (Wildman–Crippen LogP) is 0.611. The van der Waals surface area contributed by atoms with Gasteiger partial charge in [0.1, 0.15) is 6.04 Å². The maximum absolute atomic E-state index is 11.5. The van der Waals surface area contributed by atoms with Gasteiger partial charge in [-0.3, -0.25) is 9.59 Å². The van der Waals surface area contributed by atoms with Gasteiger partial charge in [0.2, 0.25) is 5.91 Å². The van der Waals surface area contributed by atoms with E-state index < -0.39 is 24.4 Å². The fourth-order valence-electron chi connectivity index (χ4n) is 2.10. The summed E-state index contributed by atoms with van der Waals surface area (Å²) in [4.78, 5) is 32.7. The maximum Gasteiger partial charge on any atom is 0.326 e. The van der Waals surface area contributed by atoms with Crippen LogP contribution in [-0.4, -0.2) is 34.1 Å². The maximum atomic E-state index is 11.5. The summed E-state index contributed by atoms with van der Waals surface area (Å²) in [6.07, 6.45) is 3.90. The van der Waals surface area contributed by atoms with E-state index >= 15 is 0 Å². The number of amides is 1. The lowest BCUT2D eigenvalue weighted by Crippen LogP contribution is -2.42. The van der Waals surface area contributed by atoms with Crippen LogP contribution in [-0.2, 0) is 14.4 Å². The number of carbonyl (C=O) groups excluding carboxylic acids is 1. The Labute approximate surface area is 99.0 Å². The lowest BCUT2D eigenvalue weighted by Gasteiger charge is -2.14. The van der Waals surface area contributed by atoms with Crippen LogP contribution in [0.4, 0.5) is 0 Å². The predicted molar refractivity (Wildman–Crippen MR) is 58.4 cm³/mol. The second-order valence-electron chi connectivity index (χ2n) is 4.41. The van der Waals surface area contributed by atoms with Crippen molar-refractivity contribution in [2.75, 3.05) is 0 Å². The lowest BCUT2D eigenvalue weighted by atomic mass is 10.0. The van der Waals surface area contributed by atoms with Gasteiger partial charge in [0.15, 0.2) is 0 Å². The number of nitrogens with one attached hydrogen (secondary N) is 1. The van der Waals surface area contributed by atoms with Crippen LogP contribution in [0.3, 0.4) is 0 Å². The molecule has 0 aromatic heterocycles. The van der Waals surface area contributed by atoms with Crippen LogP contribution in [0.5, 0.6) is 0 Å². The Balaban J connectivity index is 2.40. The molecule has 1 saturated carbocycles. The molecule has 1 rings (SSSR count). The van der Waals surface area contributed by atoms with Crippen molar-refractivity contribution in [3.05, 3.63) is 0 Å². The highest BCUT2D eigenvalue weighted by Crippen LogP contribution is 2.27. The molecule has 1 amide bonds. The average molecular weight is 243 g/mol. The van der Waals surface area contributed by atoms with Crippen molar-refractivity contribution in [3.8, 4) is 0 Å². The number of carboxylic acids is 2. The Kier molecular flexibility index (Phi) is 4.93. The topological polar surface area (TPSA) is 104 Å². The molecule has 1 aliphatic carbocycles. The summed E-state index contributed by atoms with van der Waals surface area (Å²) < 4.78 is 0. The molecule has 0 saturated heterocycles. The molecule has 0 radical (unpaired) electrons. The lowest BCUT2D eigenvalue weighted by molar-refractivity contribution is -0.147. The Morgan fingerprint density at radius 2 is 1.76 bits per heavy atom. The van der Waals surface area contributed by atoms with Crippen molar-refractivity contribution >= 4 is 17.8 Å². The quantitative estimate of drug-likeness (QED) is 0.634. The Hall–Kier alpha value is -1.59. The number of hydrogen-bond donors (Lipinski definition) is 3. The summed E-state index contributed by atoms with van der Waals surface area (Å²) in [7, 11) is 0. The molecule has 0 spiro atoms. The zero-order valence-electron chi connectivity index (χ0n) is 9.52. The monoisotopic (exact) mass is 243 g/mol.